The van der Waals surface area contributed by atoms with Crippen molar-refractivity contribution in [3.05, 3.63) is 0 Å². The van der Waals surface area contributed by atoms with Gasteiger partial charge in [0.25, 0.3) is 0 Å². The largest absolute Gasteiger partial charge is 0.481 e. The highest BCUT2D eigenvalue weighted by Gasteiger charge is 2.25. The van der Waals surface area contributed by atoms with Crippen LogP contribution in [0.1, 0.15) is 79.6 Å². The van der Waals surface area contributed by atoms with E-state index in [4.69, 9.17) is 5.11 Å². The lowest BCUT2D eigenvalue weighted by Gasteiger charge is -2.23. The minimum absolute atomic E-state index is 0.145. The lowest BCUT2D eigenvalue weighted by atomic mass is 9.86. The summed E-state index contributed by atoms with van der Waals surface area (Å²) in [6.07, 6.45) is 5.33. The van der Waals surface area contributed by atoms with E-state index in [1.807, 2.05) is 13.8 Å². The van der Waals surface area contributed by atoms with Crippen LogP contribution in [0.4, 0.5) is 0 Å². The second kappa shape index (κ2) is 11.6. The molecule has 0 heterocycles. The van der Waals surface area contributed by atoms with E-state index in [1.165, 1.54) is 0 Å². The van der Waals surface area contributed by atoms with Crippen LogP contribution in [0.15, 0.2) is 0 Å². The molecule has 0 saturated heterocycles. The second-order valence-corrected chi connectivity index (χ2v) is 7.34. The van der Waals surface area contributed by atoms with Gasteiger partial charge in [0.1, 0.15) is 5.78 Å². The van der Waals surface area contributed by atoms with Crippen LogP contribution in [0, 0.1) is 23.7 Å². The van der Waals surface area contributed by atoms with Crippen LogP contribution in [0.5, 0.6) is 0 Å². The predicted molar refractivity (Wildman–Crippen MR) is 93.3 cm³/mol. The number of Topliss-reactive ketones (excluding diaryl/α,β-unsaturated/α-hetero) is 1. The maximum atomic E-state index is 12.2. The minimum Gasteiger partial charge on any atom is -0.481 e. The summed E-state index contributed by atoms with van der Waals surface area (Å²) >= 11 is 0. The second-order valence-electron chi connectivity index (χ2n) is 7.34. The molecule has 4 nitrogen and oxygen atoms in total. The fourth-order valence-electron chi connectivity index (χ4n) is 3.15. The summed E-state index contributed by atoms with van der Waals surface area (Å²) in [6.45, 7) is 9.73. The molecule has 0 aromatic heterocycles. The smallest absolute Gasteiger partial charge is 0.306 e. The molecule has 0 aliphatic rings. The number of carbonyl (C=O) groups excluding carboxylic acids is 1. The molecule has 23 heavy (non-hydrogen) atoms. The first-order valence-electron chi connectivity index (χ1n) is 9.14. The number of carbonyl (C=O) groups is 2. The molecule has 0 bridgehead atoms. The number of rotatable bonds is 13. The van der Waals surface area contributed by atoms with E-state index in [2.05, 4.69) is 13.8 Å². The summed E-state index contributed by atoms with van der Waals surface area (Å²) in [5.74, 6) is -0.661. The van der Waals surface area contributed by atoms with E-state index in [0.717, 1.165) is 32.1 Å². The number of unbranched alkanes of at least 4 members (excludes halogenated alkanes) is 1. The lowest BCUT2D eigenvalue weighted by Crippen LogP contribution is -2.31. The average Bonchev–Trinajstić information content (AvgIpc) is 2.49. The number of aliphatic hydroxyl groups is 1. The zero-order valence-electron chi connectivity index (χ0n) is 15.5. The average molecular weight is 328 g/mol. The van der Waals surface area contributed by atoms with Crippen molar-refractivity contribution in [2.75, 3.05) is 0 Å². The van der Waals surface area contributed by atoms with Crippen LogP contribution in [-0.4, -0.2) is 28.1 Å². The SMILES string of the molecule is CCC[C@H](C)C(O)C(C)C(=O)CCCC[C@@H](C)CC(C)C(=O)O. The van der Waals surface area contributed by atoms with E-state index in [9.17, 15) is 14.7 Å². The third-order valence-corrected chi connectivity index (χ3v) is 4.89. The van der Waals surface area contributed by atoms with Crippen molar-refractivity contribution in [2.24, 2.45) is 23.7 Å². The van der Waals surface area contributed by atoms with E-state index >= 15 is 0 Å². The number of carboxylic acids is 1. The highest BCUT2D eigenvalue weighted by Crippen LogP contribution is 2.22. The topological polar surface area (TPSA) is 74.6 Å². The molecule has 0 fully saturated rings. The first kappa shape index (κ1) is 22.1. The van der Waals surface area contributed by atoms with Crippen molar-refractivity contribution in [3.8, 4) is 0 Å². The van der Waals surface area contributed by atoms with Crippen molar-refractivity contribution >= 4 is 11.8 Å². The van der Waals surface area contributed by atoms with Gasteiger partial charge in [-0.05, 0) is 31.1 Å². The molecule has 0 rings (SSSR count). The standard InChI is InChI=1S/C19H36O4/c1-6-9-14(3)18(21)16(5)17(20)11-8-7-10-13(2)12-15(4)19(22)23/h13-16,18,21H,6-12H2,1-5H3,(H,22,23)/t13-,14+,15?,16?,18?/m1/s1. The fourth-order valence-corrected chi connectivity index (χ4v) is 3.15. The molecule has 4 heteroatoms. The Bertz CT molecular complexity index is 353. The zero-order chi connectivity index (χ0) is 18.0. The Morgan fingerprint density at radius 2 is 1.61 bits per heavy atom. The third-order valence-electron chi connectivity index (χ3n) is 4.89. The molecule has 0 aromatic carbocycles. The Hall–Kier alpha value is -0.900. The van der Waals surface area contributed by atoms with Gasteiger partial charge in [0.15, 0.2) is 0 Å². The molecule has 0 amide bonds. The van der Waals surface area contributed by atoms with Crippen LogP contribution < -0.4 is 0 Å². The molecule has 0 saturated carbocycles. The Balaban J connectivity index is 3.99. The van der Waals surface area contributed by atoms with Gasteiger partial charge in [-0.25, -0.2) is 0 Å². The van der Waals surface area contributed by atoms with Gasteiger partial charge in [-0.15, -0.1) is 0 Å². The zero-order valence-corrected chi connectivity index (χ0v) is 15.5. The summed E-state index contributed by atoms with van der Waals surface area (Å²) < 4.78 is 0. The number of aliphatic carboxylic acids is 1. The van der Waals surface area contributed by atoms with E-state index in [0.29, 0.717) is 18.8 Å². The maximum absolute atomic E-state index is 12.2. The van der Waals surface area contributed by atoms with Crippen molar-refractivity contribution < 1.29 is 19.8 Å². The van der Waals surface area contributed by atoms with Gasteiger partial charge in [-0.1, -0.05) is 53.9 Å². The molecule has 0 aliphatic carbocycles. The lowest BCUT2D eigenvalue weighted by molar-refractivity contribution is -0.141. The van der Waals surface area contributed by atoms with Gasteiger partial charge in [0, 0.05) is 12.3 Å². The first-order valence-corrected chi connectivity index (χ1v) is 9.14. The highest BCUT2D eigenvalue weighted by atomic mass is 16.4. The summed E-state index contributed by atoms with van der Waals surface area (Å²) in [4.78, 5) is 23.0. The van der Waals surface area contributed by atoms with E-state index < -0.39 is 12.1 Å². The van der Waals surface area contributed by atoms with E-state index in [1.54, 1.807) is 6.92 Å². The molecule has 0 aromatic rings. The monoisotopic (exact) mass is 328 g/mol. The van der Waals surface area contributed by atoms with Gasteiger partial charge in [0.05, 0.1) is 12.0 Å². The molecular formula is C19H36O4. The third kappa shape index (κ3) is 9.09. The van der Waals surface area contributed by atoms with Crippen molar-refractivity contribution in [2.45, 2.75) is 85.7 Å². The molecule has 3 unspecified atom stereocenters. The molecule has 0 spiro atoms. The molecule has 0 aliphatic heterocycles. The first-order chi connectivity index (χ1) is 10.7. The number of carboxylic acid groups (broad SMARTS) is 1. The highest BCUT2D eigenvalue weighted by molar-refractivity contribution is 5.81. The Labute approximate surface area is 141 Å². The van der Waals surface area contributed by atoms with Crippen LogP contribution in [-0.2, 0) is 9.59 Å². The number of aliphatic hydroxyl groups excluding tert-OH is 1. The Morgan fingerprint density at radius 3 is 2.13 bits per heavy atom. The van der Waals surface area contributed by atoms with Crippen LogP contribution in [0.25, 0.3) is 0 Å². The summed E-state index contributed by atoms with van der Waals surface area (Å²) in [7, 11) is 0. The van der Waals surface area contributed by atoms with Gasteiger partial charge >= 0.3 is 5.97 Å². The normalized spacial score (nSPS) is 18.0. The molecule has 5 atom stereocenters. The number of hydrogen-bond donors (Lipinski definition) is 2. The van der Waals surface area contributed by atoms with Crippen LogP contribution in [0.2, 0.25) is 0 Å². The van der Waals surface area contributed by atoms with Crippen molar-refractivity contribution in [3.63, 3.8) is 0 Å². The van der Waals surface area contributed by atoms with Gasteiger partial charge in [0.2, 0.25) is 0 Å². The summed E-state index contributed by atoms with van der Waals surface area (Å²) in [5, 5.41) is 19.1. The Kier molecular flexibility index (Phi) is 11.2. The number of ketones is 1. The molecular weight excluding hydrogens is 292 g/mol. The van der Waals surface area contributed by atoms with Crippen molar-refractivity contribution in [1.29, 1.82) is 0 Å². The van der Waals surface area contributed by atoms with E-state index in [-0.39, 0.29) is 23.5 Å². The van der Waals surface area contributed by atoms with Gasteiger partial charge in [-0.2, -0.15) is 0 Å². The minimum atomic E-state index is -0.740. The van der Waals surface area contributed by atoms with Crippen molar-refractivity contribution in [1.82, 2.24) is 0 Å². The summed E-state index contributed by atoms with van der Waals surface area (Å²) in [6, 6.07) is 0. The fraction of sp³-hybridized carbons (Fsp3) is 0.895. The Morgan fingerprint density at radius 1 is 1.00 bits per heavy atom. The summed E-state index contributed by atoms with van der Waals surface area (Å²) in [5.41, 5.74) is 0. The van der Waals surface area contributed by atoms with Gasteiger partial charge in [-0.3, -0.25) is 9.59 Å². The molecule has 2 N–H and O–H groups in total. The number of hydrogen-bond acceptors (Lipinski definition) is 3. The quantitative estimate of drug-likeness (QED) is 0.494. The maximum Gasteiger partial charge on any atom is 0.306 e. The molecule has 0 radical (unpaired) electrons. The molecule has 136 valence electrons. The van der Waals surface area contributed by atoms with Gasteiger partial charge < -0.3 is 10.2 Å². The predicted octanol–water partition coefficient (Wildman–Crippen LogP) is 4.30. The van der Waals surface area contributed by atoms with Crippen LogP contribution in [0.3, 0.4) is 0 Å². The van der Waals surface area contributed by atoms with Crippen LogP contribution >= 0.6 is 0 Å².